The van der Waals surface area contributed by atoms with Crippen LogP contribution in [-0.2, 0) is 0 Å². The Morgan fingerprint density at radius 1 is 1.13 bits per heavy atom. The lowest BCUT2D eigenvalue weighted by Crippen LogP contribution is -2.45. The van der Waals surface area contributed by atoms with Crippen molar-refractivity contribution in [3.63, 3.8) is 0 Å². The van der Waals surface area contributed by atoms with Gasteiger partial charge in [0.05, 0.1) is 14.2 Å². The van der Waals surface area contributed by atoms with Crippen LogP contribution in [0.1, 0.15) is 16.8 Å². The number of carbonyl (C=O) groups excluding carboxylic acids is 1. The molecular formula is C17H27N3O3. The molecule has 1 aliphatic rings. The molecule has 1 heterocycles. The number of nitrogens with one attached hydrogen (secondary N) is 1. The van der Waals surface area contributed by atoms with Gasteiger partial charge in [0, 0.05) is 38.3 Å². The Balaban J connectivity index is 1.74. The lowest BCUT2D eigenvalue weighted by molar-refractivity contribution is 0.0949. The number of nitrogens with zero attached hydrogens (tertiary/aromatic N) is 2. The molecule has 0 saturated carbocycles. The minimum Gasteiger partial charge on any atom is -0.493 e. The molecule has 128 valence electrons. The zero-order valence-electron chi connectivity index (χ0n) is 14.3. The zero-order valence-corrected chi connectivity index (χ0v) is 14.3. The second kappa shape index (κ2) is 8.74. The number of methoxy groups -OCH3 is 2. The average molecular weight is 321 g/mol. The Morgan fingerprint density at radius 2 is 1.83 bits per heavy atom. The molecule has 23 heavy (non-hydrogen) atoms. The van der Waals surface area contributed by atoms with E-state index in [1.165, 1.54) is 0 Å². The first-order valence-electron chi connectivity index (χ1n) is 8.05. The van der Waals surface area contributed by atoms with Gasteiger partial charge in [0.2, 0.25) is 0 Å². The van der Waals surface area contributed by atoms with Crippen molar-refractivity contribution in [2.45, 2.75) is 6.42 Å². The third-order valence-electron chi connectivity index (χ3n) is 4.18. The van der Waals surface area contributed by atoms with Crippen molar-refractivity contribution in [1.29, 1.82) is 0 Å². The summed E-state index contributed by atoms with van der Waals surface area (Å²) >= 11 is 0. The highest BCUT2D eigenvalue weighted by Crippen LogP contribution is 2.27. The summed E-state index contributed by atoms with van der Waals surface area (Å²) in [5.74, 6) is 1.11. The van der Waals surface area contributed by atoms with Crippen molar-refractivity contribution >= 4 is 5.91 Å². The van der Waals surface area contributed by atoms with Crippen molar-refractivity contribution in [2.24, 2.45) is 0 Å². The van der Waals surface area contributed by atoms with Gasteiger partial charge >= 0.3 is 0 Å². The van der Waals surface area contributed by atoms with Crippen LogP contribution in [0.15, 0.2) is 18.2 Å². The molecule has 1 aromatic rings. The van der Waals surface area contributed by atoms with Crippen LogP contribution < -0.4 is 14.8 Å². The Labute approximate surface area is 138 Å². The molecule has 0 aliphatic carbocycles. The molecule has 0 aromatic heterocycles. The van der Waals surface area contributed by atoms with Gasteiger partial charge in [-0.05, 0) is 38.2 Å². The van der Waals surface area contributed by atoms with Crippen LogP contribution in [0, 0.1) is 0 Å². The van der Waals surface area contributed by atoms with Crippen LogP contribution in [0.2, 0.25) is 0 Å². The van der Waals surface area contributed by atoms with E-state index in [2.05, 4.69) is 22.2 Å². The van der Waals surface area contributed by atoms with Gasteiger partial charge in [-0.3, -0.25) is 4.79 Å². The van der Waals surface area contributed by atoms with Crippen molar-refractivity contribution in [3.05, 3.63) is 23.8 Å². The highest BCUT2D eigenvalue weighted by molar-refractivity contribution is 5.94. The van der Waals surface area contributed by atoms with E-state index in [9.17, 15) is 4.79 Å². The lowest BCUT2D eigenvalue weighted by Gasteiger charge is -2.32. The van der Waals surface area contributed by atoms with Gasteiger partial charge in [0.25, 0.3) is 5.91 Å². The minimum absolute atomic E-state index is 0.0793. The monoisotopic (exact) mass is 321 g/mol. The van der Waals surface area contributed by atoms with Crippen LogP contribution >= 0.6 is 0 Å². The average Bonchev–Trinajstić information content (AvgIpc) is 2.59. The largest absolute Gasteiger partial charge is 0.493 e. The van der Waals surface area contributed by atoms with Crippen molar-refractivity contribution < 1.29 is 14.3 Å². The molecule has 1 N–H and O–H groups in total. The summed E-state index contributed by atoms with van der Waals surface area (Å²) < 4.78 is 10.4. The van der Waals surface area contributed by atoms with E-state index in [-0.39, 0.29) is 5.91 Å². The third-order valence-corrected chi connectivity index (χ3v) is 4.18. The van der Waals surface area contributed by atoms with Crippen molar-refractivity contribution in [3.8, 4) is 11.5 Å². The summed E-state index contributed by atoms with van der Waals surface area (Å²) in [6.07, 6.45) is 0.961. The van der Waals surface area contributed by atoms with E-state index in [0.717, 1.165) is 39.1 Å². The molecule has 1 aromatic carbocycles. The molecule has 1 fully saturated rings. The van der Waals surface area contributed by atoms with Crippen molar-refractivity contribution in [1.82, 2.24) is 15.1 Å². The number of piperazine rings is 1. The topological polar surface area (TPSA) is 54.0 Å². The summed E-state index contributed by atoms with van der Waals surface area (Å²) in [6, 6.07) is 5.20. The van der Waals surface area contributed by atoms with Crippen LogP contribution in [0.25, 0.3) is 0 Å². The summed E-state index contributed by atoms with van der Waals surface area (Å²) in [5.41, 5.74) is 0.585. The molecule has 2 rings (SSSR count). The summed E-state index contributed by atoms with van der Waals surface area (Å²) in [6.45, 7) is 6.18. The fourth-order valence-electron chi connectivity index (χ4n) is 2.66. The Kier molecular flexibility index (Phi) is 6.67. The normalized spacial score (nSPS) is 16.1. The Bertz CT molecular complexity index is 514. The zero-order chi connectivity index (χ0) is 16.7. The number of benzene rings is 1. The van der Waals surface area contributed by atoms with Crippen LogP contribution in [0.3, 0.4) is 0 Å². The maximum atomic E-state index is 12.2. The molecular weight excluding hydrogens is 294 g/mol. The Morgan fingerprint density at radius 3 is 2.48 bits per heavy atom. The van der Waals surface area contributed by atoms with Gasteiger partial charge in [-0.2, -0.15) is 0 Å². The van der Waals surface area contributed by atoms with Crippen LogP contribution in [0.5, 0.6) is 11.5 Å². The van der Waals surface area contributed by atoms with E-state index in [1.54, 1.807) is 32.4 Å². The van der Waals surface area contributed by atoms with Crippen LogP contribution in [-0.4, -0.2) is 76.2 Å². The molecule has 6 nitrogen and oxygen atoms in total. The van der Waals surface area contributed by atoms with Gasteiger partial charge in [-0.1, -0.05) is 0 Å². The van der Waals surface area contributed by atoms with Gasteiger partial charge in [0.1, 0.15) is 0 Å². The molecule has 0 bridgehead atoms. The number of carbonyl (C=O) groups is 1. The van der Waals surface area contributed by atoms with Gasteiger partial charge in [-0.15, -0.1) is 0 Å². The number of hydrogen-bond donors (Lipinski definition) is 1. The quantitative estimate of drug-likeness (QED) is 0.762. The number of hydrogen-bond acceptors (Lipinski definition) is 5. The summed E-state index contributed by atoms with van der Waals surface area (Å²) in [5, 5.41) is 2.96. The number of rotatable bonds is 7. The molecule has 6 heteroatoms. The van der Waals surface area contributed by atoms with E-state index < -0.39 is 0 Å². The van der Waals surface area contributed by atoms with E-state index in [0.29, 0.717) is 23.6 Å². The van der Waals surface area contributed by atoms with E-state index >= 15 is 0 Å². The summed E-state index contributed by atoms with van der Waals surface area (Å²) in [7, 11) is 5.30. The number of likely N-dealkylation sites (N-methyl/N-ethyl adjacent to an activating group) is 1. The van der Waals surface area contributed by atoms with Gasteiger partial charge in [0.15, 0.2) is 11.5 Å². The van der Waals surface area contributed by atoms with Crippen molar-refractivity contribution in [2.75, 3.05) is 60.5 Å². The molecule has 0 spiro atoms. The predicted molar refractivity (Wildman–Crippen MR) is 90.4 cm³/mol. The third kappa shape index (κ3) is 5.11. The molecule has 0 unspecified atom stereocenters. The smallest absolute Gasteiger partial charge is 0.251 e. The SMILES string of the molecule is COc1ccc(C(=O)NCCCN2CCN(C)CC2)cc1OC. The number of ether oxygens (including phenoxy) is 2. The molecule has 1 saturated heterocycles. The lowest BCUT2D eigenvalue weighted by atomic mass is 10.2. The van der Waals surface area contributed by atoms with Crippen LogP contribution in [0.4, 0.5) is 0 Å². The minimum atomic E-state index is -0.0793. The maximum Gasteiger partial charge on any atom is 0.251 e. The molecule has 0 radical (unpaired) electrons. The van der Waals surface area contributed by atoms with Gasteiger partial charge in [-0.25, -0.2) is 0 Å². The molecule has 0 atom stereocenters. The van der Waals surface area contributed by atoms with Gasteiger partial charge < -0.3 is 24.6 Å². The Hall–Kier alpha value is -1.79. The molecule has 1 aliphatic heterocycles. The molecule has 1 amide bonds. The highest BCUT2D eigenvalue weighted by Gasteiger charge is 2.13. The standard InChI is InChI=1S/C17H27N3O3/c1-19-9-11-20(12-10-19)8-4-7-18-17(21)14-5-6-15(22-2)16(13-14)23-3/h5-6,13H,4,7-12H2,1-3H3,(H,18,21). The first kappa shape index (κ1) is 17.6. The fourth-order valence-corrected chi connectivity index (χ4v) is 2.66. The first-order chi connectivity index (χ1) is 11.1. The van der Waals surface area contributed by atoms with E-state index in [1.807, 2.05) is 0 Å². The second-order valence-corrected chi connectivity index (χ2v) is 5.82. The second-order valence-electron chi connectivity index (χ2n) is 5.82. The predicted octanol–water partition coefficient (Wildman–Crippen LogP) is 1.07. The fraction of sp³-hybridized carbons (Fsp3) is 0.588. The number of amides is 1. The highest BCUT2D eigenvalue weighted by atomic mass is 16.5. The summed E-state index contributed by atoms with van der Waals surface area (Å²) in [4.78, 5) is 17.0. The van der Waals surface area contributed by atoms with E-state index in [4.69, 9.17) is 9.47 Å². The first-order valence-corrected chi connectivity index (χ1v) is 8.05. The maximum absolute atomic E-state index is 12.2.